The van der Waals surface area contributed by atoms with Crippen LogP contribution < -0.4 is 15.8 Å². The van der Waals surface area contributed by atoms with Crippen LogP contribution in [0.4, 0.5) is 5.69 Å². The van der Waals surface area contributed by atoms with E-state index in [0.29, 0.717) is 5.69 Å². The molecule has 0 aliphatic heterocycles. The average molecular weight is 382 g/mol. The van der Waals surface area contributed by atoms with E-state index in [0.717, 1.165) is 31.6 Å². The highest BCUT2D eigenvalue weighted by molar-refractivity contribution is 7.89. The summed E-state index contributed by atoms with van der Waals surface area (Å²) in [4.78, 5) is 12.7. The molecule has 0 radical (unpaired) electrons. The van der Waals surface area contributed by atoms with Crippen LogP contribution in [0.2, 0.25) is 0 Å². The molecule has 1 aliphatic rings. The van der Waals surface area contributed by atoms with E-state index in [9.17, 15) is 13.2 Å². The van der Waals surface area contributed by atoms with E-state index in [1.165, 1.54) is 31.4 Å². The van der Waals surface area contributed by atoms with E-state index in [4.69, 9.17) is 5.73 Å². The van der Waals surface area contributed by atoms with Gasteiger partial charge in [0, 0.05) is 24.7 Å². The number of amides is 1. The molecule has 1 amide bonds. The second-order valence-corrected chi connectivity index (χ2v) is 8.83. The van der Waals surface area contributed by atoms with Gasteiger partial charge in [-0.3, -0.25) is 4.79 Å². The summed E-state index contributed by atoms with van der Waals surface area (Å²) in [6, 6.07) is 6.35. The summed E-state index contributed by atoms with van der Waals surface area (Å²) in [6.07, 6.45) is 7.79. The topological polar surface area (TPSA) is 101 Å². The molecule has 1 saturated carbocycles. The van der Waals surface area contributed by atoms with Crippen LogP contribution in [0.5, 0.6) is 0 Å². The number of hydrogen-bond donors (Lipinski definition) is 3. The van der Waals surface area contributed by atoms with Gasteiger partial charge in [-0.25, -0.2) is 13.1 Å². The summed E-state index contributed by atoms with van der Waals surface area (Å²) in [5.74, 6) is 0.757. The number of rotatable bonds is 9. The molecule has 7 heteroatoms. The Hall–Kier alpha value is -1.44. The van der Waals surface area contributed by atoms with E-state index in [1.807, 2.05) is 0 Å². The maximum atomic E-state index is 12.5. The number of unbranched alkanes of at least 4 members (excludes halogenated alkanes) is 1. The van der Waals surface area contributed by atoms with Gasteiger partial charge in [-0.05, 0) is 49.8 Å². The number of nitrogens with two attached hydrogens (primary N) is 1. The van der Waals surface area contributed by atoms with Crippen molar-refractivity contribution in [2.24, 2.45) is 17.6 Å². The van der Waals surface area contributed by atoms with Crippen LogP contribution in [0.1, 0.15) is 51.9 Å². The maximum Gasteiger partial charge on any atom is 0.240 e. The van der Waals surface area contributed by atoms with E-state index < -0.39 is 10.0 Å². The number of nitrogens with one attached hydrogen (secondary N) is 2. The molecule has 4 N–H and O–H groups in total. The summed E-state index contributed by atoms with van der Waals surface area (Å²) in [7, 11) is -3.60. The summed E-state index contributed by atoms with van der Waals surface area (Å²) >= 11 is 0. The lowest BCUT2D eigenvalue weighted by Gasteiger charge is -2.27. The van der Waals surface area contributed by atoms with Crippen LogP contribution in [-0.2, 0) is 14.8 Å². The number of carbonyl (C=O) groups is 1. The first-order valence-corrected chi connectivity index (χ1v) is 11.0. The standard InChI is InChI=1S/C19H31N3O3S/c1-2-3-5-15-8-10-16(11-9-15)19(23)22-17-6-4-7-18(14-17)26(24,25)21-13-12-20/h4,6-7,14-16,21H,2-3,5,8-13,20H2,1H3,(H,22,23). The fraction of sp³-hybridized carbons (Fsp3) is 0.632. The zero-order valence-corrected chi connectivity index (χ0v) is 16.4. The molecule has 6 nitrogen and oxygen atoms in total. The Balaban J connectivity index is 1.93. The van der Waals surface area contributed by atoms with Crippen molar-refractivity contribution in [3.05, 3.63) is 24.3 Å². The molecule has 0 saturated heterocycles. The molecule has 0 heterocycles. The van der Waals surface area contributed by atoms with Gasteiger partial charge in [0.25, 0.3) is 0 Å². The van der Waals surface area contributed by atoms with E-state index in [-0.39, 0.29) is 29.8 Å². The summed E-state index contributed by atoms with van der Waals surface area (Å²) < 4.78 is 26.8. The molecule has 0 aromatic heterocycles. The van der Waals surface area contributed by atoms with Crippen molar-refractivity contribution in [3.63, 3.8) is 0 Å². The van der Waals surface area contributed by atoms with Gasteiger partial charge in [0.05, 0.1) is 4.90 Å². The van der Waals surface area contributed by atoms with Gasteiger partial charge in [-0.15, -0.1) is 0 Å². The van der Waals surface area contributed by atoms with Gasteiger partial charge in [0.2, 0.25) is 15.9 Å². The minimum atomic E-state index is -3.60. The fourth-order valence-electron chi connectivity index (χ4n) is 3.47. The minimum absolute atomic E-state index is 0.0107. The Morgan fingerprint density at radius 3 is 2.62 bits per heavy atom. The molecule has 0 unspecified atom stereocenters. The largest absolute Gasteiger partial charge is 0.329 e. The summed E-state index contributed by atoms with van der Waals surface area (Å²) in [6.45, 7) is 2.62. The monoisotopic (exact) mass is 381 g/mol. The summed E-state index contributed by atoms with van der Waals surface area (Å²) in [5, 5.41) is 2.88. The number of benzene rings is 1. The highest BCUT2D eigenvalue weighted by atomic mass is 32.2. The van der Waals surface area contributed by atoms with E-state index in [2.05, 4.69) is 17.0 Å². The first-order chi connectivity index (χ1) is 12.5. The predicted molar refractivity (Wildman–Crippen MR) is 104 cm³/mol. The van der Waals surface area contributed by atoms with Crippen molar-refractivity contribution in [1.29, 1.82) is 0 Å². The molecular formula is C19H31N3O3S. The molecule has 1 aliphatic carbocycles. The number of anilines is 1. The molecule has 0 atom stereocenters. The quantitative estimate of drug-likeness (QED) is 0.612. The maximum absolute atomic E-state index is 12.5. The molecule has 0 spiro atoms. The van der Waals surface area contributed by atoms with Gasteiger partial charge >= 0.3 is 0 Å². The molecule has 146 valence electrons. The van der Waals surface area contributed by atoms with E-state index in [1.54, 1.807) is 12.1 Å². The highest BCUT2D eigenvalue weighted by Crippen LogP contribution is 2.32. The first kappa shape index (κ1) is 20.9. The minimum Gasteiger partial charge on any atom is -0.329 e. The third-order valence-corrected chi connectivity index (χ3v) is 6.49. The Labute approximate surface area is 157 Å². The van der Waals surface area contributed by atoms with Crippen LogP contribution in [0.25, 0.3) is 0 Å². The Morgan fingerprint density at radius 2 is 1.96 bits per heavy atom. The molecule has 1 aromatic carbocycles. The van der Waals surface area contributed by atoms with Gasteiger partial charge in [0.15, 0.2) is 0 Å². The highest BCUT2D eigenvalue weighted by Gasteiger charge is 2.26. The third-order valence-electron chi connectivity index (χ3n) is 5.03. The molecule has 1 aromatic rings. The van der Waals surface area contributed by atoms with Crippen LogP contribution in [0.3, 0.4) is 0 Å². The van der Waals surface area contributed by atoms with Gasteiger partial charge in [-0.1, -0.05) is 32.3 Å². The second-order valence-electron chi connectivity index (χ2n) is 7.06. The zero-order chi connectivity index (χ0) is 19.0. The lowest BCUT2D eigenvalue weighted by Crippen LogP contribution is -2.29. The predicted octanol–water partition coefficient (Wildman–Crippen LogP) is 2.86. The average Bonchev–Trinajstić information content (AvgIpc) is 2.65. The normalized spacial score (nSPS) is 20.7. The van der Waals surface area contributed by atoms with Crippen molar-refractivity contribution in [2.75, 3.05) is 18.4 Å². The van der Waals surface area contributed by atoms with Crippen molar-refractivity contribution in [2.45, 2.75) is 56.8 Å². The fourth-order valence-corrected chi connectivity index (χ4v) is 4.56. The number of hydrogen-bond acceptors (Lipinski definition) is 4. The lowest BCUT2D eigenvalue weighted by atomic mass is 9.79. The molecule has 1 fully saturated rings. The molecule has 2 rings (SSSR count). The molecule has 0 bridgehead atoms. The van der Waals surface area contributed by atoms with Crippen molar-refractivity contribution < 1.29 is 13.2 Å². The Bertz CT molecular complexity index is 683. The Kier molecular flexibility index (Phi) is 8.06. The van der Waals surface area contributed by atoms with Crippen molar-refractivity contribution in [3.8, 4) is 0 Å². The first-order valence-electron chi connectivity index (χ1n) is 9.57. The third kappa shape index (κ3) is 6.07. The van der Waals surface area contributed by atoms with E-state index >= 15 is 0 Å². The lowest BCUT2D eigenvalue weighted by molar-refractivity contribution is -0.121. The summed E-state index contributed by atoms with van der Waals surface area (Å²) in [5.41, 5.74) is 5.86. The van der Waals surface area contributed by atoms with Gasteiger partial charge in [-0.2, -0.15) is 0 Å². The van der Waals surface area contributed by atoms with Crippen LogP contribution in [-0.4, -0.2) is 27.4 Å². The SMILES string of the molecule is CCCCC1CCC(C(=O)Nc2cccc(S(=O)(=O)NCCN)c2)CC1. The number of sulfonamides is 1. The number of carbonyl (C=O) groups excluding carboxylic acids is 1. The Morgan fingerprint density at radius 1 is 1.23 bits per heavy atom. The second kappa shape index (κ2) is 10.0. The zero-order valence-electron chi connectivity index (χ0n) is 15.5. The smallest absolute Gasteiger partial charge is 0.240 e. The van der Waals surface area contributed by atoms with Gasteiger partial charge < -0.3 is 11.1 Å². The van der Waals surface area contributed by atoms with Crippen molar-refractivity contribution >= 4 is 21.6 Å². The van der Waals surface area contributed by atoms with Gasteiger partial charge in [0.1, 0.15) is 0 Å². The van der Waals surface area contributed by atoms with Crippen LogP contribution >= 0.6 is 0 Å². The molecule has 26 heavy (non-hydrogen) atoms. The van der Waals surface area contributed by atoms with Crippen LogP contribution in [0, 0.1) is 11.8 Å². The van der Waals surface area contributed by atoms with Crippen molar-refractivity contribution in [1.82, 2.24) is 4.72 Å². The van der Waals surface area contributed by atoms with Crippen LogP contribution in [0.15, 0.2) is 29.2 Å². The molecular weight excluding hydrogens is 350 g/mol.